The van der Waals surface area contributed by atoms with Gasteiger partial charge in [0.05, 0.1) is 13.2 Å². The lowest BCUT2D eigenvalue weighted by Crippen LogP contribution is -2.61. The highest BCUT2D eigenvalue weighted by Gasteiger charge is 2.45. The number of carbonyl (C=O) groups excluding carboxylic acids is 1. The van der Waals surface area contributed by atoms with Crippen LogP contribution < -0.4 is 10.6 Å². The Labute approximate surface area is 113 Å². The lowest BCUT2D eigenvalue weighted by atomic mass is 9.77. The molecule has 0 bridgehead atoms. The van der Waals surface area contributed by atoms with Crippen LogP contribution in [0.4, 0.5) is 4.79 Å². The number of carbonyl (C=O) groups is 2. The van der Waals surface area contributed by atoms with Crippen LogP contribution >= 0.6 is 0 Å². The molecule has 0 saturated heterocycles. The van der Waals surface area contributed by atoms with Gasteiger partial charge < -0.3 is 25.4 Å². The maximum atomic E-state index is 11.5. The minimum atomic E-state index is -1.06. The predicted octanol–water partition coefficient (Wildman–Crippen LogP) is -0.129. The van der Waals surface area contributed by atoms with E-state index in [4.69, 9.17) is 9.84 Å². The number of amides is 2. The Morgan fingerprint density at radius 2 is 2.00 bits per heavy atom. The van der Waals surface area contributed by atoms with Crippen molar-refractivity contribution in [3.8, 4) is 0 Å². The number of nitrogens with one attached hydrogen (secondary N) is 2. The molecule has 0 atom stereocenters. The number of likely N-dealkylation sites (N-methyl/N-ethyl adjacent to an activating group) is 1. The van der Waals surface area contributed by atoms with Crippen molar-refractivity contribution in [1.29, 1.82) is 0 Å². The first-order valence-corrected chi connectivity index (χ1v) is 6.48. The molecule has 7 heteroatoms. The number of hydrogen-bond acceptors (Lipinski definition) is 4. The topological polar surface area (TPSA) is 90.9 Å². The summed E-state index contributed by atoms with van der Waals surface area (Å²) in [5, 5.41) is 14.2. The highest BCUT2D eigenvalue weighted by Crippen LogP contribution is 2.31. The first kappa shape index (κ1) is 15.7. The molecule has 1 saturated carbocycles. The molecule has 0 unspecified atom stereocenters. The minimum absolute atomic E-state index is 0.370. The van der Waals surface area contributed by atoms with E-state index in [2.05, 4.69) is 10.6 Å². The number of carboxylic acid groups (broad SMARTS) is 1. The molecule has 0 radical (unpaired) electrons. The van der Waals surface area contributed by atoms with Gasteiger partial charge in [0.1, 0.15) is 5.54 Å². The first-order valence-electron chi connectivity index (χ1n) is 6.48. The molecule has 3 N–H and O–H groups in total. The third-order valence-electron chi connectivity index (χ3n) is 3.18. The monoisotopic (exact) mass is 273 g/mol. The van der Waals surface area contributed by atoms with Crippen LogP contribution in [0.2, 0.25) is 0 Å². The molecule has 0 spiro atoms. The van der Waals surface area contributed by atoms with Gasteiger partial charge in [-0.15, -0.1) is 0 Å². The van der Waals surface area contributed by atoms with E-state index < -0.39 is 17.5 Å². The Balaban J connectivity index is 2.10. The van der Waals surface area contributed by atoms with Crippen LogP contribution in [0.25, 0.3) is 0 Å². The molecule has 7 nitrogen and oxygen atoms in total. The standard InChI is InChI=1S/C12H23N3O4/c1-15(2)7-9-19-8-6-13-11(18)14-12(10(16)17)4-3-5-12/h3-9H2,1-2H3,(H,16,17)(H2,13,14,18). The number of nitrogens with zero attached hydrogens (tertiary/aromatic N) is 1. The number of urea groups is 1. The van der Waals surface area contributed by atoms with Crippen LogP contribution in [0.3, 0.4) is 0 Å². The maximum absolute atomic E-state index is 11.5. The van der Waals surface area contributed by atoms with Crippen molar-refractivity contribution >= 4 is 12.0 Å². The minimum Gasteiger partial charge on any atom is -0.480 e. The molecule has 2 amide bonds. The smallest absolute Gasteiger partial charge is 0.329 e. The van der Waals surface area contributed by atoms with Crippen LogP contribution in [0.1, 0.15) is 19.3 Å². The molecule has 1 aliphatic carbocycles. The van der Waals surface area contributed by atoms with Gasteiger partial charge in [0.2, 0.25) is 0 Å². The molecule has 1 rings (SSSR count). The fourth-order valence-corrected chi connectivity index (χ4v) is 1.77. The van der Waals surface area contributed by atoms with Crippen molar-refractivity contribution in [1.82, 2.24) is 15.5 Å². The fourth-order valence-electron chi connectivity index (χ4n) is 1.77. The van der Waals surface area contributed by atoms with Gasteiger partial charge >= 0.3 is 12.0 Å². The average molecular weight is 273 g/mol. The molecule has 0 aromatic carbocycles. The fraction of sp³-hybridized carbons (Fsp3) is 0.833. The van der Waals surface area contributed by atoms with Gasteiger partial charge in [0.15, 0.2) is 0 Å². The molecule has 1 fully saturated rings. The largest absolute Gasteiger partial charge is 0.480 e. The number of aliphatic carboxylic acids is 1. The molecule has 1 aliphatic rings. The second-order valence-electron chi connectivity index (χ2n) is 5.04. The van der Waals surface area contributed by atoms with Gasteiger partial charge in [-0.2, -0.15) is 0 Å². The summed E-state index contributed by atoms with van der Waals surface area (Å²) in [6.45, 7) is 2.22. The van der Waals surface area contributed by atoms with E-state index in [9.17, 15) is 9.59 Å². The Morgan fingerprint density at radius 1 is 1.32 bits per heavy atom. The van der Waals surface area contributed by atoms with Gasteiger partial charge in [0.25, 0.3) is 0 Å². The van der Waals surface area contributed by atoms with Crippen LogP contribution in [0.5, 0.6) is 0 Å². The van der Waals surface area contributed by atoms with Gasteiger partial charge in [-0.3, -0.25) is 0 Å². The Morgan fingerprint density at radius 3 is 2.47 bits per heavy atom. The summed E-state index contributed by atoms with van der Waals surface area (Å²) in [7, 11) is 3.91. The van der Waals surface area contributed by atoms with Gasteiger partial charge in [-0.1, -0.05) is 0 Å². The highest BCUT2D eigenvalue weighted by molar-refractivity contribution is 5.87. The van der Waals surface area contributed by atoms with Crippen molar-refractivity contribution in [3.05, 3.63) is 0 Å². The normalized spacial score (nSPS) is 16.8. The maximum Gasteiger partial charge on any atom is 0.329 e. The van der Waals surface area contributed by atoms with E-state index in [0.717, 1.165) is 13.0 Å². The van der Waals surface area contributed by atoms with E-state index in [-0.39, 0.29) is 0 Å². The van der Waals surface area contributed by atoms with Gasteiger partial charge in [0, 0.05) is 13.1 Å². The molecule has 110 valence electrons. The number of carboxylic acids is 1. The molecular formula is C12H23N3O4. The summed E-state index contributed by atoms with van der Waals surface area (Å²) in [5.74, 6) is -0.962. The molecule has 0 aromatic rings. The SMILES string of the molecule is CN(C)CCOCCNC(=O)NC1(C(=O)O)CCC1. The molecule has 0 heterocycles. The first-order chi connectivity index (χ1) is 8.96. The third-order valence-corrected chi connectivity index (χ3v) is 3.18. The Kier molecular flexibility index (Phi) is 6.04. The summed E-state index contributed by atoms with van der Waals surface area (Å²) < 4.78 is 5.31. The van der Waals surface area contributed by atoms with Crippen molar-refractivity contribution in [2.24, 2.45) is 0 Å². The summed E-state index contributed by atoms with van der Waals surface area (Å²) in [6, 6.07) is -0.446. The van der Waals surface area contributed by atoms with Crippen LogP contribution in [0.15, 0.2) is 0 Å². The second-order valence-corrected chi connectivity index (χ2v) is 5.04. The highest BCUT2D eigenvalue weighted by atomic mass is 16.5. The Hall–Kier alpha value is -1.34. The van der Waals surface area contributed by atoms with Crippen LogP contribution in [-0.4, -0.2) is 67.9 Å². The Bertz CT molecular complexity index is 316. The zero-order valence-corrected chi connectivity index (χ0v) is 11.6. The van der Waals surface area contributed by atoms with Gasteiger partial charge in [-0.05, 0) is 33.4 Å². The summed E-state index contributed by atoms with van der Waals surface area (Å²) in [6.07, 6.45) is 1.82. The van der Waals surface area contributed by atoms with Crippen LogP contribution in [-0.2, 0) is 9.53 Å². The quantitative estimate of drug-likeness (QED) is 0.536. The van der Waals surface area contributed by atoms with E-state index in [1.165, 1.54) is 0 Å². The second kappa shape index (κ2) is 7.30. The van der Waals surface area contributed by atoms with Crippen LogP contribution in [0, 0.1) is 0 Å². The summed E-state index contributed by atoms with van der Waals surface area (Å²) >= 11 is 0. The van der Waals surface area contributed by atoms with E-state index in [0.29, 0.717) is 32.6 Å². The summed E-state index contributed by atoms with van der Waals surface area (Å²) in [5.41, 5.74) is -1.06. The molecular weight excluding hydrogens is 250 g/mol. The van der Waals surface area contributed by atoms with E-state index >= 15 is 0 Å². The number of rotatable bonds is 8. The molecule has 0 aromatic heterocycles. The molecule has 19 heavy (non-hydrogen) atoms. The zero-order valence-electron chi connectivity index (χ0n) is 11.6. The van der Waals surface area contributed by atoms with Crippen molar-refractivity contribution in [3.63, 3.8) is 0 Å². The number of ether oxygens (including phenoxy) is 1. The van der Waals surface area contributed by atoms with Gasteiger partial charge in [-0.25, -0.2) is 9.59 Å². The third kappa shape index (κ3) is 5.04. The summed E-state index contributed by atoms with van der Waals surface area (Å²) in [4.78, 5) is 24.6. The zero-order chi connectivity index (χ0) is 14.3. The molecule has 0 aliphatic heterocycles. The van der Waals surface area contributed by atoms with E-state index in [1.807, 2.05) is 19.0 Å². The predicted molar refractivity (Wildman–Crippen MR) is 70.1 cm³/mol. The lowest BCUT2D eigenvalue weighted by Gasteiger charge is -2.38. The van der Waals surface area contributed by atoms with Crippen molar-refractivity contribution < 1.29 is 19.4 Å². The lowest BCUT2D eigenvalue weighted by molar-refractivity contribution is -0.148. The van der Waals surface area contributed by atoms with E-state index in [1.54, 1.807) is 0 Å². The average Bonchev–Trinajstić information content (AvgIpc) is 2.27. The number of hydrogen-bond donors (Lipinski definition) is 3. The van der Waals surface area contributed by atoms with Crippen molar-refractivity contribution in [2.45, 2.75) is 24.8 Å². The van der Waals surface area contributed by atoms with Crippen molar-refractivity contribution in [2.75, 3.05) is 40.4 Å².